The molecule has 2 rings (SSSR count). The molecule has 0 bridgehead atoms. The molecule has 0 spiro atoms. The van der Waals surface area contributed by atoms with Crippen LogP contribution in [-0.4, -0.2) is 68.0 Å². The number of ether oxygens (including phenoxy) is 2. The Morgan fingerprint density at radius 1 is 1.14 bits per heavy atom. The summed E-state index contributed by atoms with van der Waals surface area (Å²) in [6.45, 7) is 7.09. The molecule has 1 aliphatic rings. The third-order valence-corrected chi connectivity index (χ3v) is 6.12. The van der Waals surface area contributed by atoms with Gasteiger partial charge < -0.3 is 24.4 Å². The average molecular weight is 407 g/mol. The lowest BCUT2D eigenvalue weighted by Gasteiger charge is -2.24. The molecule has 1 atom stereocenters. The molecule has 0 heterocycles. The van der Waals surface area contributed by atoms with Crippen molar-refractivity contribution in [3.63, 3.8) is 0 Å². The summed E-state index contributed by atoms with van der Waals surface area (Å²) in [5.74, 6) is 2.38. The third kappa shape index (κ3) is 8.53. The zero-order valence-electron chi connectivity index (χ0n) is 19.2. The summed E-state index contributed by atoms with van der Waals surface area (Å²) in [4.78, 5) is 4.50. The standard InChI is InChI=1S/C24H42N2O3/c1-19(2)26(4)17-22(27)18-29-24-15-21(12-13-23(24)28-5)16-25(3)14-8-11-20-9-6-7-10-20/h12-13,15,19-20,22,27H,6-11,14,16-18H2,1-5H3/t22-/m1/s1. The summed E-state index contributed by atoms with van der Waals surface area (Å²) in [5, 5.41) is 10.3. The SMILES string of the molecule is COc1ccc(CN(C)CCCC2CCCC2)cc1OC[C@H](O)CN(C)C(C)C. The van der Waals surface area contributed by atoms with Gasteiger partial charge in [-0.15, -0.1) is 0 Å². The second-order valence-corrected chi connectivity index (χ2v) is 9.01. The van der Waals surface area contributed by atoms with Crippen molar-refractivity contribution in [2.75, 3.05) is 40.9 Å². The first-order chi connectivity index (χ1) is 13.9. The Morgan fingerprint density at radius 2 is 1.86 bits per heavy atom. The van der Waals surface area contributed by atoms with Gasteiger partial charge >= 0.3 is 0 Å². The van der Waals surface area contributed by atoms with Crippen LogP contribution in [0.3, 0.4) is 0 Å². The molecule has 5 nitrogen and oxygen atoms in total. The van der Waals surface area contributed by atoms with Crippen molar-refractivity contribution in [1.29, 1.82) is 0 Å². The molecule has 0 aromatic heterocycles. The molecule has 5 heteroatoms. The number of aliphatic hydroxyl groups is 1. The van der Waals surface area contributed by atoms with Crippen LogP contribution in [0.15, 0.2) is 18.2 Å². The van der Waals surface area contributed by atoms with Crippen molar-refractivity contribution in [2.24, 2.45) is 5.92 Å². The summed E-state index contributed by atoms with van der Waals surface area (Å²) < 4.78 is 11.4. The van der Waals surface area contributed by atoms with Gasteiger partial charge in [-0.1, -0.05) is 31.7 Å². The number of hydrogen-bond donors (Lipinski definition) is 1. The van der Waals surface area contributed by atoms with Crippen LogP contribution in [0.25, 0.3) is 0 Å². The maximum atomic E-state index is 10.3. The van der Waals surface area contributed by atoms with Crippen LogP contribution >= 0.6 is 0 Å². The Kier molecular flexibility index (Phi) is 10.3. The number of nitrogens with zero attached hydrogens (tertiary/aromatic N) is 2. The average Bonchev–Trinajstić information content (AvgIpc) is 3.20. The van der Waals surface area contributed by atoms with Crippen molar-refractivity contribution in [2.45, 2.75) is 71.1 Å². The van der Waals surface area contributed by atoms with Gasteiger partial charge in [0, 0.05) is 19.1 Å². The number of hydrogen-bond acceptors (Lipinski definition) is 5. The first kappa shape index (κ1) is 24.0. The number of methoxy groups -OCH3 is 1. The van der Waals surface area contributed by atoms with E-state index in [1.165, 1.54) is 44.1 Å². The molecular formula is C24H42N2O3. The van der Waals surface area contributed by atoms with Crippen molar-refractivity contribution in [3.05, 3.63) is 23.8 Å². The minimum atomic E-state index is -0.533. The van der Waals surface area contributed by atoms with Crippen molar-refractivity contribution in [1.82, 2.24) is 9.80 Å². The predicted octanol–water partition coefficient (Wildman–Crippen LogP) is 4.18. The Balaban J connectivity index is 1.83. The van der Waals surface area contributed by atoms with Crippen LogP contribution in [0.1, 0.15) is 57.9 Å². The molecule has 29 heavy (non-hydrogen) atoms. The first-order valence-corrected chi connectivity index (χ1v) is 11.3. The Hall–Kier alpha value is -1.30. The van der Waals surface area contributed by atoms with Gasteiger partial charge in [0.1, 0.15) is 12.7 Å². The van der Waals surface area contributed by atoms with E-state index >= 15 is 0 Å². The van der Waals surface area contributed by atoms with Crippen molar-refractivity contribution >= 4 is 0 Å². The molecule has 0 saturated heterocycles. The van der Waals surface area contributed by atoms with Crippen LogP contribution < -0.4 is 9.47 Å². The lowest BCUT2D eigenvalue weighted by Crippen LogP contribution is -2.37. The van der Waals surface area contributed by atoms with E-state index in [2.05, 4.69) is 36.8 Å². The molecule has 1 fully saturated rings. The number of likely N-dealkylation sites (N-methyl/N-ethyl adjacent to an activating group) is 1. The van der Waals surface area contributed by atoms with E-state index in [0.29, 0.717) is 24.1 Å². The first-order valence-electron chi connectivity index (χ1n) is 11.3. The Morgan fingerprint density at radius 3 is 2.52 bits per heavy atom. The highest BCUT2D eigenvalue weighted by atomic mass is 16.5. The smallest absolute Gasteiger partial charge is 0.161 e. The molecule has 0 aliphatic heterocycles. The lowest BCUT2D eigenvalue weighted by atomic mass is 10.0. The second kappa shape index (κ2) is 12.4. The normalized spacial score (nSPS) is 16.2. The lowest BCUT2D eigenvalue weighted by molar-refractivity contribution is 0.0668. The molecule has 1 aromatic rings. The van der Waals surface area contributed by atoms with E-state index in [0.717, 1.165) is 19.0 Å². The van der Waals surface area contributed by atoms with E-state index < -0.39 is 6.10 Å². The molecule has 0 amide bonds. The largest absolute Gasteiger partial charge is 0.493 e. The fourth-order valence-corrected chi connectivity index (χ4v) is 4.05. The van der Waals surface area contributed by atoms with Gasteiger partial charge in [0.05, 0.1) is 7.11 Å². The highest BCUT2D eigenvalue weighted by molar-refractivity contribution is 5.43. The topological polar surface area (TPSA) is 45.2 Å². The number of rotatable bonds is 13. The maximum Gasteiger partial charge on any atom is 0.161 e. The summed E-state index contributed by atoms with van der Waals surface area (Å²) >= 11 is 0. The molecule has 1 saturated carbocycles. The highest BCUT2D eigenvalue weighted by Gasteiger charge is 2.16. The van der Waals surface area contributed by atoms with Crippen LogP contribution in [0.5, 0.6) is 11.5 Å². The van der Waals surface area contributed by atoms with E-state index in [1.807, 2.05) is 19.2 Å². The monoisotopic (exact) mass is 406 g/mol. The fourth-order valence-electron chi connectivity index (χ4n) is 4.05. The van der Waals surface area contributed by atoms with Gasteiger partial charge in [0.25, 0.3) is 0 Å². The minimum Gasteiger partial charge on any atom is -0.493 e. The zero-order valence-corrected chi connectivity index (χ0v) is 19.2. The van der Waals surface area contributed by atoms with Crippen molar-refractivity contribution < 1.29 is 14.6 Å². The molecule has 0 unspecified atom stereocenters. The summed E-state index contributed by atoms with van der Waals surface area (Å²) in [6.07, 6.45) is 7.83. The highest BCUT2D eigenvalue weighted by Crippen LogP contribution is 2.30. The predicted molar refractivity (Wildman–Crippen MR) is 120 cm³/mol. The molecule has 1 aromatic carbocycles. The molecule has 166 valence electrons. The van der Waals surface area contributed by atoms with Crippen LogP contribution in [0.2, 0.25) is 0 Å². The van der Waals surface area contributed by atoms with E-state index in [9.17, 15) is 5.11 Å². The third-order valence-electron chi connectivity index (χ3n) is 6.12. The molecule has 0 radical (unpaired) electrons. The summed E-state index contributed by atoms with van der Waals surface area (Å²) in [5.41, 5.74) is 1.21. The molecule has 1 N–H and O–H groups in total. The fraction of sp³-hybridized carbons (Fsp3) is 0.750. The summed E-state index contributed by atoms with van der Waals surface area (Å²) in [6, 6.07) is 6.50. The van der Waals surface area contributed by atoms with Gasteiger partial charge in [0.15, 0.2) is 11.5 Å². The maximum absolute atomic E-state index is 10.3. The number of benzene rings is 1. The summed E-state index contributed by atoms with van der Waals surface area (Å²) in [7, 11) is 5.85. The number of aliphatic hydroxyl groups excluding tert-OH is 1. The van der Waals surface area contributed by atoms with Crippen molar-refractivity contribution in [3.8, 4) is 11.5 Å². The van der Waals surface area contributed by atoms with Gasteiger partial charge in [-0.2, -0.15) is 0 Å². The second-order valence-electron chi connectivity index (χ2n) is 9.01. The van der Waals surface area contributed by atoms with Gasteiger partial charge in [0.2, 0.25) is 0 Å². The van der Waals surface area contributed by atoms with Gasteiger partial charge in [-0.05, 0) is 70.9 Å². The van der Waals surface area contributed by atoms with E-state index in [4.69, 9.17) is 9.47 Å². The van der Waals surface area contributed by atoms with Crippen LogP contribution in [-0.2, 0) is 6.54 Å². The Labute approximate surface area is 178 Å². The Bertz CT molecular complexity index is 587. The van der Waals surface area contributed by atoms with Gasteiger partial charge in [-0.25, -0.2) is 0 Å². The van der Waals surface area contributed by atoms with Crippen LogP contribution in [0, 0.1) is 5.92 Å². The van der Waals surface area contributed by atoms with Gasteiger partial charge in [-0.3, -0.25) is 0 Å². The van der Waals surface area contributed by atoms with E-state index in [-0.39, 0.29) is 6.61 Å². The minimum absolute atomic E-state index is 0.258. The molecule has 1 aliphatic carbocycles. The van der Waals surface area contributed by atoms with E-state index in [1.54, 1.807) is 7.11 Å². The quantitative estimate of drug-likeness (QED) is 0.532. The van der Waals surface area contributed by atoms with Crippen LogP contribution in [0.4, 0.5) is 0 Å². The molecular weight excluding hydrogens is 364 g/mol. The zero-order chi connectivity index (χ0) is 21.2.